The molecule has 20 heavy (non-hydrogen) atoms. The van der Waals surface area contributed by atoms with Gasteiger partial charge in [-0.15, -0.1) is 11.3 Å². The highest BCUT2D eigenvalue weighted by Crippen LogP contribution is 2.24. The average molecular weight is 340 g/mol. The van der Waals surface area contributed by atoms with Gasteiger partial charge in [0, 0.05) is 22.1 Å². The molecule has 0 fully saturated rings. The monoisotopic (exact) mass is 339 g/mol. The fourth-order valence-corrected chi connectivity index (χ4v) is 3.40. The summed E-state index contributed by atoms with van der Waals surface area (Å²) in [6.07, 6.45) is 0.554. The van der Waals surface area contributed by atoms with Crippen molar-refractivity contribution >= 4 is 37.0 Å². The Morgan fingerprint density at radius 1 is 1.40 bits per heavy atom. The fourth-order valence-electron chi connectivity index (χ4n) is 1.28. The van der Waals surface area contributed by atoms with Gasteiger partial charge in [0.05, 0.1) is 5.60 Å². The van der Waals surface area contributed by atoms with Crippen LogP contribution in [0.1, 0.15) is 25.6 Å². The molecule has 1 aromatic heterocycles. The molecule has 0 radical (unpaired) electrons. The topological polar surface area (TPSA) is 72.5 Å². The van der Waals surface area contributed by atoms with E-state index in [-0.39, 0.29) is 22.3 Å². The van der Waals surface area contributed by atoms with E-state index in [0.29, 0.717) is 13.0 Å². The Bertz CT molecular complexity index is 560. The average Bonchev–Trinajstić information content (AvgIpc) is 2.74. The van der Waals surface area contributed by atoms with E-state index in [4.69, 9.17) is 15.4 Å². The minimum Gasteiger partial charge on any atom is -0.366 e. The molecule has 0 spiro atoms. The fraction of sp³-hybridized carbons (Fsp3) is 0.583. The highest BCUT2D eigenvalue weighted by Gasteiger charge is 2.14. The number of carbonyl (C=O) groups excluding carboxylic acids is 1. The van der Waals surface area contributed by atoms with Gasteiger partial charge < -0.3 is 10.1 Å². The molecule has 0 bridgehead atoms. The molecule has 0 aliphatic heterocycles. The third kappa shape index (κ3) is 6.69. The van der Waals surface area contributed by atoms with Crippen molar-refractivity contribution in [2.75, 3.05) is 13.2 Å². The van der Waals surface area contributed by atoms with Crippen molar-refractivity contribution < 1.29 is 17.9 Å². The number of amides is 1. The Labute approximate surface area is 127 Å². The maximum absolute atomic E-state index is 11.5. The van der Waals surface area contributed by atoms with Crippen LogP contribution in [-0.2, 0) is 25.0 Å². The van der Waals surface area contributed by atoms with E-state index in [0.717, 1.165) is 16.2 Å². The zero-order valence-electron chi connectivity index (χ0n) is 11.6. The molecule has 0 saturated carbocycles. The summed E-state index contributed by atoms with van der Waals surface area (Å²) in [6.45, 7) is 6.06. The molecular formula is C12H18ClNO4S2. The van der Waals surface area contributed by atoms with Gasteiger partial charge in [-0.1, -0.05) is 0 Å². The smallest absolute Gasteiger partial charge is 0.270 e. The Hall–Kier alpha value is -0.630. The predicted octanol–water partition coefficient (Wildman–Crippen LogP) is 2.15. The van der Waals surface area contributed by atoms with Crippen molar-refractivity contribution in [1.29, 1.82) is 0 Å². The lowest BCUT2D eigenvalue weighted by atomic mass is 10.2. The van der Waals surface area contributed by atoms with Gasteiger partial charge in [0.15, 0.2) is 0 Å². The second kappa shape index (κ2) is 6.89. The maximum atomic E-state index is 11.5. The van der Waals surface area contributed by atoms with Crippen molar-refractivity contribution in [1.82, 2.24) is 5.32 Å². The summed E-state index contributed by atoms with van der Waals surface area (Å²) >= 11 is 1.11. The maximum Gasteiger partial charge on any atom is 0.270 e. The SMILES string of the molecule is CC(C)(C)OCC(=O)NCCc1ccc(S(=O)(=O)Cl)s1. The summed E-state index contributed by atoms with van der Waals surface area (Å²) < 4.78 is 27.7. The van der Waals surface area contributed by atoms with E-state index in [1.165, 1.54) is 6.07 Å². The highest BCUT2D eigenvalue weighted by molar-refractivity contribution is 8.15. The molecule has 1 rings (SSSR count). The Morgan fingerprint density at radius 3 is 2.55 bits per heavy atom. The van der Waals surface area contributed by atoms with Crippen LogP contribution in [0.4, 0.5) is 0 Å². The highest BCUT2D eigenvalue weighted by atomic mass is 35.7. The van der Waals surface area contributed by atoms with Crippen LogP contribution in [0.5, 0.6) is 0 Å². The summed E-state index contributed by atoms with van der Waals surface area (Å²) in [5.74, 6) is -0.193. The van der Waals surface area contributed by atoms with Gasteiger partial charge in [-0.05, 0) is 39.3 Å². The minimum atomic E-state index is -3.66. The molecule has 0 aromatic carbocycles. The quantitative estimate of drug-likeness (QED) is 0.806. The van der Waals surface area contributed by atoms with Crippen LogP contribution in [-0.4, -0.2) is 33.1 Å². The molecule has 0 atom stereocenters. The number of rotatable bonds is 6. The molecule has 8 heteroatoms. The summed E-state index contributed by atoms with van der Waals surface area (Å²) in [6, 6.07) is 3.16. The van der Waals surface area contributed by atoms with Crippen molar-refractivity contribution in [3.05, 3.63) is 17.0 Å². The first-order valence-corrected chi connectivity index (χ1v) is 9.14. The Morgan fingerprint density at radius 2 is 2.05 bits per heavy atom. The molecule has 0 aliphatic rings. The molecule has 0 unspecified atom stereocenters. The molecule has 1 heterocycles. The first kappa shape index (κ1) is 17.4. The molecule has 114 valence electrons. The molecule has 5 nitrogen and oxygen atoms in total. The van der Waals surface area contributed by atoms with Gasteiger partial charge in [-0.25, -0.2) is 8.42 Å². The Balaban J connectivity index is 2.34. The van der Waals surface area contributed by atoms with Crippen LogP contribution in [0.3, 0.4) is 0 Å². The second-order valence-corrected chi connectivity index (χ2v) is 9.12. The van der Waals surface area contributed by atoms with E-state index >= 15 is 0 Å². The van der Waals surface area contributed by atoms with Gasteiger partial charge in [0.2, 0.25) is 5.91 Å². The summed E-state index contributed by atoms with van der Waals surface area (Å²) in [4.78, 5) is 12.3. The lowest BCUT2D eigenvalue weighted by Gasteiger charge is -2.18. The van der Waals surface area contributed by atoms with Crippen LogP contribution in [0.2, 0.25) is 0 Å². The molecule has 0 saturated heterocycles. The van der Waals surface area contributed by atoms with E-state index in [1.54, 1.807) is 6.07 Å². The van der Waals surface area contributed by atoms with E-state index < -0.39 is 9.05 Å². The van der Waals surface area contributed by atoms with Gasteiger partial charge in [-0.2, -0.15) is 0 Å². The van der Waals surface area contributed by atoms with Crippen LogP contribution in [0.15, 0.2) is 16.3 Å². The van der Waals surface area contributed by atoms with Crippen LogP contribution in [0.25, 0.3) is 0 Å². The minimum absolute atomic E-state index is 0.00918. The predicted molar refractivity (Wildman–Crippen MR) is 79.8 cm³/mol. The van der Waals surface area contributed by atoms with Crippen LogP contribution in [0, 0.1) is 0 Å². The van der Waals surface area contributed by atoms with E-state index in [1.807, 2.05) is 20.8 Å². The number of thiophene rings is 1. The zero-order valence-corrected chi connectivity index (χ0v) is 14.0. The zero-order chi connectivity index (χ0) is 15.4. The van der Waals surface area contributed by atoms with Gasteiger partial charge in [-0.3, -0.25) is 4.79 Å². The lowest BCUT2D eigenvalue weighted by Crippen LogP contribution is -2.33. The van der Waals surface area contributed by atoms with Gasteiger partial charge in [0.25, 0.3) is 9.05 Å². The molecule has 1 amide bonds. The third-order valence-electron chi connectivity index (χ3n) is 2.21. The van der Waals surface area contributed by atoms with Crippen LogP contribution < -0.4 is 5.32 Å². The van der Waals surface area contributed by atoms with Gasteiger partial charge in [0.1, 0.15) is 10.8 Å². The van der Waals surface area contributed by atoms with E-state index in [9.17, 15) is 13.2 Å². The normalized spacial score (nSPS) is 12.4. The molecule has 1 N–H and O–H groups in total. The van der Waals surface area contributed by atoms with Crippen molar-refractivity contribution in [2.45, 2.75) is 37.0 Å². The first-order chi connectivity index (χ1) is 9.08. The van der Waals surface area contributed by atoms with Crippen LogP contribution >= 0.6 is 22.0 Å². The number of hydrogen-bond donors (Lipinski definition) is 1. The largest absolute Gasteiger partial charge is 0.366 e. The number of carbonyl (C=O) groups is 1. The third-order valence-corrected chi connectivity index (χ3v) is 5.44. The molecule has 1 aromatic rings. The molecule has 0 aliphatic carbocycles. The summed E-state index contributed by atoms with van der Waals surface area (Å²) in [5, 5.41) is 2.71. The Kier molecular flexibility index (Phi) is 6.00. The number of ether oxygens (including phenoxy) is 1. The van der Waals surface area contributed by atoms with Crippen molar-refractivity contribution in [2.24, 2.45) is 0 Å². The second-order valence-electron chi connectivity index (χ2n) is 5.16. The molecular weight excluding hydrogens is 322 g/mol. The van der Waals surface area contributed by atoms with Gasteiger partial charge >= 0.3 is 0 Å². The van der Waals surface area contributed by atoms with Crippen molar-refractivity contribution in [3.63, 3.8) is 0 Å². The number of nitrogens with one attached hydrogen (secondary N) is 1. The van der Waals surface area contributed by atoms with Crippen molar-refractivity contribution in [3.8, 4) is 0 Å². The standard InChI is InChI=1S/C12H18ClNO4S2/c1-12(2,3)18-8-10(15)14-7-6-9-4-5-11(19-9)20(13,16)17/h4-5H,6-8H2,1-3H3,(H,14,15). The lowest BCUT2D eigenvalue weighted by molar-refractivity contribution is -0.130. The summed E-state index contributed by atoms with van der Waals surface area (Å²) in [5.41, 5.74) is -0.352. The first-order valence-electron chi connectivity index (χ1n) is 6.02. The number of hydrogen-bond acceptors (Lipinski definition) is 5. The van der Waals surface area contributed by atoms with E-state index in [2.05, 4.69) is 5.32 Å². The summed E-state index contributed by atoms with van der Waals surface area (Å²) in [7, 11) is 1.57. The number of halogens is 1.